The molecular weight excluding hydrogens is 330 g/mol. The van der Waals surface area contributed by atoms with Gasteiger partial charge in [-0.25, -0.2) is 4.68 Å². The standard InChI is InChI=1S/C19H27N5O2/c1-13(15-5-7-17(26-4)8-6-15)23(3)19(25)18-14(2)24(22-21-18)16-9-11-20-12-10-16/h5-8,13,16,20H,9-12H2,1-4H3. The molecule has 1 atom stereocenters. The summed E-state index contributed by atoms with van der Waals surface area (Å²) in [6.07, 6.45) is 2.02. The Bertz CT molecular complexity index is 750. The van der Waals surface area contributed by atoms with E-state index in [1.807, 2.05) is 42.8 Å². The van der Waals surface area contributed by atoms with Crippen molar-refractivity contribution >= 4 is 5.91 Å². The highest BCUT2D eigenvalue weighted by atomic mass is 16.5. The molecule has 3 rings (SSSR count). The van der Waals surface area contributed by atoms with Crippen molar-refractivity contribution < 1.29 is 9.53 Å². The van der Waals surface area contributed by atoms with Gasteiger partial charge in [0, 0.05) is 7.05 Å². The molecule has 2 heterocycles. The molecule has 0 radical (unpaired) electrons. The van der Waals surface area contributed by atoms with Crippen molar-refractivity contribution in [2.45, 2.75) is 38.8 Å². The van der Waals surface area contributed by atoms with Crippen molar-refractivity contribution in [3.8, 4) is 5.75 Å². The molecule has 1 aromatic heterocycles. The van der Waals surface area contributed by atoms with Crippen LogP contribution < -0.4 is 10.1 Å². The summed E-state index contributed by atoms with van der Waals surface area (Å²) in [5.74, 6) is 0.696. The van der Waals surface area contributed by atoms with E-state index in [4.69, 9.17) is 4.74 Å². The third-order valence-electron chi connectivity index (χ3n) is 5.28. The predicted molar refractivity (Wildman–Crippen MR) is 99.4 cm³/mol. The molecule has 1 amide bonds. The molecule has 0 bridgehead atoms. The zero-order chi connectivity index (χ0) is 18.7. The highest BCUT2D eigenvalue weighted by Crippen LogP contribution is 2.25. The number of rotatable bonds is 5. The molecule has 1 aliphatic heterocycles. The molecule has 7 heteroatoms. The van der Waals surface area contributed by atoms with Crippen LogP contribution in [0, 0.1) is 6.92 Å². The number of nitrogens with one attached hydrogen (secondary N) is 1. The van der Waals surface area contributed by atoms with E-state index in [0.29, 0.717) is 11.7 Å². The molecule has 1 unspecified atom stereocenters. The minimum atomic E-state index is -0.106. The van der Waals surface area contributed by atoms with Crippen molar-refractivity contribution in [1.29, 1.82) is 0 Å². The van der Waals surface area contributed by atoms with E-state index in [1.54, 1.807) is 19.1 Å². The summed E-state index contributed by atoms with van der Waals surface area (Å²) in [6, 6.07) is 8.01. The van der Waals surface area contributed by atoms with E-state index in [2.05, 4.69) is 15.6 Å². The monoisotopic (exact) mass is 357 g/mol. The van der Waals surface area contributed by atoms with E-state index in [1.165, 1.54) is 0 Å². The molecule has 0 saturated carbocycles. The molecule has 7 nitrogen and oxygen atoms in total. The smallest absolute Gasteiger partial charge is 0.276 e. The van der Waals surface area contributed by atoms with Crippen LogP contribution in [-0.4, -0.2) is 53.0 Å². The summed E-state index contributed by atoms with van der Waals surface area (Å²) < 4.78 is 7.11. The second-order valence-corrected chi connectivity index (χ2v) is 6.81. The SMILES string of the molecule is COc1ccc(C(C)N(C)C(=O)c2nnn(C3CCNCC3)c2C)cc1. The Labute approximate surface area is 154 Å². The normalized spacial score (nSPS) is 16.3. The number of hydrogen-bond acceptors (Lipinski definition) is 5. The summed E-state index contributed by atoms with van der Waals surface area (Å²) in [4.78, 5) is 14.7. The zero-order valence-electron chi connectivity index (χ0n) is 15.9. The number of benzene rings is 1. The topological polar surface area (TPSA) is 72.3 Å². The van der Waals surface area contributed by atoms with Gasteiger partial charge in [-0.3, -0.25) is 4.79 Å². The van der Waals surface area contributed by atoms with E-state index >= 15 is 0 Å². The fourth-order valence-electron chi connectivity index (χ4n) is 3.39. The third-order valence-corrected chi connectivity index (χ3v) is 5.28. The van der Waals surface area contributed by atoms with Crippen LogP contribution in [0.15, 0.2) is 24.3 Å². The molecular formula is C19H27N5O2. The fraction of sp³-hybridized carbons (Fsp3) is 0.526. The van der Waals surface area contributed by atoms with Crippen LogP contribution in [0.2, 0.25) is 0 Å². The highest BCUT2D eigenvalue weighted by Gasteiger charge is 2.27. The maximum absolute atomic E-state index is 13.0. The maximum Gasteiger partial charge on any atom is 0.276 e. The largest absolute Gasteiger partial charge is 0.497 e. The Morgan fingerprint density at radius 3 is 2.58 bits per heavy atom. The van der Waals surface area contributed by atoms with Crippen molar-refractivity contribution in [2.24, 2.45) is 0 Å². The van der Waals surface area contributed by atoms with Gasteiger partial charge in [0.05, 0.1) is 24.9 Å². The summed E-state index contributed by atoms with van der Waals surface area (Å²) >= 11 is 0. The lowest BCUT2D eigenvalue weighted by atomic mass is 10.1. The van der Waals surface area contributed by atoms with Gasteiger partial charge in [0.25, 0.3) is 5.91 Å². The minimum Gasteiger partial charge on any atom is -0.497 e. The van der Waals surface area contributed by atoms with E-state index in [0.717, 1.165) is 42.9 Å². The lowest BCUT2D eigenvalue weighted by molar-refractivity contribution is 0.0735. The zero-order valence-corrected chi connectivity index (χ0v) is 15.9. The summed E-state index contributed by atoms with van der Waals surface area (Å²) in [5, 5.41) is 11.8. The van der Waals surface area contributed by atoms with Gasteiger partial charge in [0.1, 0.15) is 5.75 Å². The maximum atomic E-state index is 13.0. The second-order valence-electron chi connectivity index (χ2n) is 6.81. The van der Waals surface area contributed by atoms with Gasteiger partial charge in [-0.2, -0.15) is 0 Å². The van der Waals surface area contributed by atoms with Gasteiger partial charge in [-0.15, -0.1) is 5.10 Å². The lowest BCUT2D eigenvalue weighted by Gasteiger charge is -2.25. The first-order valence-electron chi connectivity index (χ1n) is 9.06. The van der Waals surface area contributed by atoms with E-state index < -0.39 is 0 Å². The van der Waals surface area contributed by atoms with Crippen LogP contribution in [0.1, 0.15) is 53.6 Å². The Balaban J connectivity index is 1.76. The van der Waals surface area contributed by atoms with Gasteiger partial charge >= 0.3 is 0 Å². The van der Waals surface area contributed by atoms with Gasteiger partial charge in [-0.1, -0.05) is 17.3 Å². The Morgan fingerprint density at radius 1 is 1.31 bits per heavy atom. The molecule has 0 spiro atoms. The van der Waals surface area contributed by atoms with E-state index in [9.17, 15) is 4.79 Å². The van der Waals surface area contributed by atoms with Crippen LogP contribution in [0.4, 0.5) is 0 Å². The number of nitrogens with zero attached hydrogens (tertiary/aromatic N) is 4. The summed E-state index contributed by atoms with van der Waals surface area (Å²) in [6.45, 7) is 5.89. The summed E-state index contributed by atoms with van der Waals surface area (Å²) in [5.41, 5.74) is 2.33. The van der Waals surface area contributed by atoms with E-state index in [-0.39, 0.29) is 11.9 Å². The van der Waals surface area contributed by atoms with Crippen LogP contribution in [-0.2, 0) is 0 Å². The first-order valence-corrected chi connectivity index (χ1v) is 9.06. The molecule has 140 valence electrons. The van der Waals surface area contributed by atoms with Crippen LogP contribution in [0.3, 0.4) is 0 Å². The van der Waals surface area contributed by atoms with Gasteiger partial charge in [-0.05, 0) is 57.5 Å². The van der Waals surface area contributed by atoms with Crippen molar-refractivity contribution in [3.05, 3.63) is 41.2 Å². The third kappa shape index (κ3) is 3.58. The van der Waals surface area contributed by atoms with Crippen molar-refractivity contribution in [2.75, 3.05) is 27.2 Å². The summed E-state index contributed by atoms with van der Waals surface area (Å²) in [7, 11) is 3.45. The molecule has 26 heavy (non-hydrogen) atoms. The Kier molecular flexibility index (Phi) is 5.56. The Morgan fingerprint density at radius 2 is 1.96 bits per heavy atom. The highest BCUT2D eigenvalue weighted by molar-refractivity contribution is 5.93. The average molecular weight is 357 g/mol. The van der Waals surface area contributed by atoms with Crippen LogP contribution in [0.25, 0.3) is 0 Å². The Hall–Kier alpha value is -2.41. The number of methoxy groups -OCH3 is 1. The molecule has 1 N–H and O–H groups in total. The predicted octanol–water partition coefficient (Wildman–Crippen LogP) is 2.35. The molecule has 2 aromatic rings. The first kappa shape index (κ1) is 18.4. The number of ether oxygens (including phenoxy) is 1. The second kappa shape index (κ2) is 7.86. The van der Waals surface area contributed by atoms with Crippen molar-refractivity contribution in [1.82, 2.24) is 25.2 Å². The lowest BCUT2D eigenvalue weighted by Crippen LogP contribution is -2.31. The number of carbonyl (C=O) groups excluding carboxylic acids is 1. The molecule has 0 aliphatic carbocycles. The number of aromatic nitrogens is 3. The quantitative estimate of drug-likeness (QED) is 0.889. The molecule has 1 aromatic carbocycles. The molecule has 1 fully saturated rings. The minimum absolute atomic E-state index is 0.0724. The molecule has 1 saturated heterocycles. The number of piperidine rings is 1. The van der Waals surface area contributed by atoms with Gasteiger partial charge in [0.15, 0.2) is 5.69 Å². The van der Waals surface area contributed by atoms with Crippen LogP contribution in [0.5, 0.6) is 5.75 Å². The van der Waals surface area contributed by atoms with Gasteiger partial charge < -0.3 is 15.0 Å². The fourth-order valence-corrected chi connectivity index (χ4v) is 3.39. The number of carbonyl (C=O) groups is 1. The number of amides is 1. The first-order chi connectivity index (χ1) is 12.5. The molecule has 1 aliphatic rings. The average Bonchev–Trinajstić information content (AvgIpc) is 3.08. The van der Waals surface area contributed by atoms with Gasteiger partial charge in [0.2, 0.25) is 0 Å². The van der Waals surface area contributed by atoms with Crippen molar-refractivity contribution in [3.63, 3.8) is 0 Å². The van der Waals surface area contributed by atoms with Crippen LogP contribution >= 0.6 is 0 Å². The number of hydrogen-bond donors (Lipinski definition) is 1.